The second kappa shape index (κ2) is 5.88. The molecule has 1 aromatic heterocycles. The van der Waals surface area contributed by atoms with Gasteiger partial charge in [-0.15, -0.1) is 0 Å². The van der Waals surface area contributed by atoms with Crippen LogP contribution in [0.3, 0.4) is 0 Å². The number of amides is 1. The average molecular weight is 300 g/mol. The van der Waals surface area contributed by atoms with E-state index in [4.69, 9.17) is 10.3 Å². The fraction of sp³-hybridized carbons (Fsp3) is 0.438. The molecular formula is C16H20N4O2. The Balaban J connectivity index is 1.54. The molecule has 0 unspecified atom stereocenters. The van der Waals surface area contributed by atoms with E-state index >= 15 is 0 Å². The second-order valence-electron chi connectivity index (χ2n) is 5.73. The standard InChI is InChI=1S/C16H20N4O2/c1-2-13-19-14(22-20-13)12-5-3-11(4-6-12)7-10-18-15(21)16(17)8-9-16/h3-6H,2,7-10,17H2,1H3,(H,18,21). The van der Waals surface area contributed by atoms with Crippen LogP contribution < -0.4 is 11.1 Å². The zero-order valence-corrected chi connectivity index (χ0v) is 12.6. The van der Waals surface area contributed by atoms with Crippen LogP contribution in [0.4, 0.5) is 0 Å². The van der Waals surface area contributed by atoms with E-state index in [-0.39, 0.29) is 5.91 Å². The third kappa shape index (κ3) is 3.17. The molecule has 2 aromatic rings. The van der Waals surface area contributed by atoms with E-state index in [2.05, 4.69) is 15.5 Å². The molecule has 3 N–H and O–H groups in total. The summed E-state index contributed by atoms with van der Waals surface area (Å²) in [5.74, 6) is 1.20. The van der Waals surface area contributed by atoms with Crippen LogP contribution in [0.5, 0.6) is 0 Å². The number of benzene rings is 1. The third-order valence-corrected chi connectivity index (χ3v) is 3.93. The monoisotopic (exact) mass is 300 g/mol. The van der Waals surface area contributed by atoms with Gasteiger partial charge in [0.2, 0.25) is 5.91 Å². The number of hydrogen-bond acceptors (Lipinski definition) is 5. The van der Waals surface area contributed by atoms with Crippen molar-refractivity contribution in [2.24, 2.45) is 5.73 Å². The highest BCUT2D eigenvalue weighted by Gasteiger charge is 2.45. The number of aromatic nitrogens is 2. The molecule has 1 heterocycles. The van der Waals surface area contributed by atoms with Gasteiger partial charge in [0, 0.05) is 18.5 Å². The zero-order chi connectivity index (χ0) is 15.6. The minimum atomic E-state index is -0.598. The lowest BCUT2D eigenvalue weighted by Crippen LogP contribution is -2.43. The van der Waals surface area contributed by atoms with Crippen LogP contribution in [-0.4, -0.2) is 28.1 Å². The molecule has 0 atom stereocenters. The van der Waals surface area contributed by atoms with Crippen molar-refractivity contribution >= 4 is 5.91 Å². The summed E-state index contributed by atoms with van der Waals surface area (Å²) in [4.78, 5) is 16.0. The first-order chi connectivity index (χ1) is 10.6. The summed E-state index contributed by atoms with van der Waals surface area (Å²) in [7, 11) is 0. The summed E-state index contributed by atoms with van der Waals surface area (Å²) in [6, 6.07) is 7.92. The summed E-state index contributed by atoms with van der Waals surface area (Å²) >= 11 is 0. The van der Waals surface area contributed by atoms with Crippen LogP contribution in [0.15, 0.2) is 28.8 Å². The molecule has 0 aliphatic heterocycles. The molecule has 0 spiro atoms. The first-order valence-corrected chi connectivity index (χ1v) is 7.60. The number of nitrogens with one attached hydrogen (secondary N) is 1. The summed E-state index contributed by atoms with van der Waals surface area (Å²) < 4.78 is 5.21. The maximum absolute atomic E-state index is 11.7. The van der Waals surface area contributed by atoms with Crippen molar-refractivity contribution in [1.29, 1.82) is 0 Å². The van der Waals surface area contributed by atoms with Crippen molar-refractivity contribution in [3.8, 4) is 11.5 Å². The van der Waals surface area contributed by atoms with Gasteiger partial charge in [-0.25, -0.2) is 0 Å². The van der Waals surface area contributed by atoms with Gasteiger partial charge in [-0.3, -0.25) is 4.79 Å². The summed E-state index contributed by atoms with van der Waals surface area (Å²) in [6.07, 6.45) is 3.10. The molecule has 0 saturated heterocycles. The lowest BCUT2D eigenvalue weighted by Gasteiger charge is -2.09. The van der Waals surface area contributed by atoms with E-state index in [1.54, 1.807) is 0 Å². The quantitative estimate of drug-likeness (QED) is 0.842. The van der Waals surface area contributed by atoms with Gasteiger partial charge in [-0.1, -0.05) is 24.2 Å². The molecule has 1 amide bonds. The van der Waals surface area contributed by atoms with E-state index in [0.29, 0.717) is 18.3 Å². The highest BCUT2D eigenvalue weighted by Crippen LogP contribution is 2.32. The van der Waals surface area contributed by atoms with Gasteiger partial charge in [0.15, 0.2) is 5.82 Å². The molecule has 1 aliphatic rings. The van der Waals surface area contributed by atoms with E-state index in [9.17, 15) is 4.79 Å². The van der Waals surface area contributed by atoms with Crippen molar-refractivity contribution in [2.75, 3.05) is 6.54 Å². The van der Waals surface area contributed by atoms with E-state index in [1.807, 2.05) is 31.2 Å². The van der Waals surface area contributed by atoms with Crippen molar-refractivity contribution in [3.63, 3.8) is 0 Å². The Labute approximate surface area is 129 Å². The largest absolute Gasteiger partial charge is 0.354 e. The highest BCUT2D eigenvalue weighted by molar-refractivity contribution is 5.88. The predicted octanol–water partition coefficient (Wildman–Crippen LogP) is 1.45. The highest BCUT2D eigenvalue weighted by atomic mass is 16.5. The Kier molecular flexibility index (Phi) is 3.94. The fourth-order valence-electron chi connectivity index (χ4n) is 2.19. The average Bonchev–Trinajstić information content (AvgIpc) is 3.12. The predicted molar refractivity (Wildman–Crippen MR) is 82.0 cm³/mol. The molecule has 3 rings (SSSR count). The molecule has 116 valence electrons. The molecule has 22 heavy (non-hydrogen) atoms. The fourth-order valence-corrected chi connectivity index (χ4v) is 2.19. The van der Waals surface area contributed by atoms with Crippen LogP contribution in [0.25, 0.3) is 11.5 Å². The first kappa shape index (κ1) is 14.7. The summed E-state index contributed by atoms with van der Waals surface area (Å²) in [5, 5.41) is 6.77. The molecule has 6 heteroatoms. The van der Waals surface area contributed by atoms with Gasteiger partial charge in [-0.2, -0.15) is 4.98 Å². The maximum Gasteiger partial charge on any atom is 0.257 e. The molecule has 1 saturated carbocycles. The van der Waals surface area contributed by atoms with Gasteiger partial charge in [0.25, 0.3) is 5.89 Å². The molecule has 0 bridgehead atoms. The second-order valence-corrected chi connectivity index (χ2v) is 5.73. The number of nitrogens with zero attached hydrogens (tertiary/aromatic N) is 2. The van der Waals surface area contributed by atoms with Crippen LogP contribution >= 0.6 is 0 Å². The van der Waals surface area contributed by atoms with Crippen LogP contribution in [0.1, 0.15) is 31.2 Å². The Morgan fingerprint density at radius 1 is 1.36 bits per heavy atom. The van der Waals surface area contributed by atoms with E-state index < -0.39 is 5.54 Å². The molecule has 1 aromatic carbocycles. The summed E-state index contributed by atoms with van der Waals surface area (Å²) in [5.41, 5.74) is 7.28. The number of carbonyl (C=O) groups excluding carboxylic acids is 1. The number of hydrogen-bond donors (Lipinski definition) is 2. The lowest BCUT2D eigenvalue weighted by atomic mass is 10.1. The maximum atomic E-state index is 11.7. The van der Waals surface area contributed by atoms with Crippen molar-refractivity contribution < 1.29 is 9.32 Å². The molecule has 0 radical (unpaired) electrons. The molecule has 1 aliphatic carbocycles. The first-order valence-electron chi connectivity index (χ1n) is 7.60. The van der Waals surface area contributed by atoms with Crippen LogP contribution in [0.2, 0.25) is 0 Å². The van der Waals surface area contributed by atoms with E-state index in [0.717, 1.165) is 36.8 Å². The zero-order valence-electron chi connectivity index (χ0n) is 12.6. The number of carbonyl (C=O) groups is 1. The lowest BCUT2D eigenvalue weighted by molar-refractivity contribution is -0.123. The smallest absolute Gasteiger partial charge is 0.257 e. The summed E-state index contributed by atoms with van der Waals surface area (Å²) in [6.45, 7) is 2.58. The van der Waals surface area contributed by atoms with Crippen molar-refractivity contribution in [2.45, 2.75) is 38.1 Å². The minimum Gasteiger partial charge on any atom is -0.354 e. The van der Waals surface area contributed by atoms with Gasteiger partial charge >= 0.3 is 0 Å². The molecule has 6 nitrogen and oxygen atoms in total. The Bertz CT molecular complexity index is 659. The van der Waals surface area contributed by atoms with Crippen molar-refractivity contribution in [1.82, 2.24) is 15.5 Å². The Morgan fingerprint density at radius 2 is 2.09 bits per heavy atom. The van der Waals surface area contributed by atoms with Crippen LogP contribution in [0, 0.1) is 0 Å². The van der Waals surface area contributed by atoms with Crippen LogP contribution in [-0.2, 0) is 17.6 Å². The topological polar surface area (TPSA) is 94.0 Å². The SMILES string of the molecule is CCc1noc(-c2ccc(CCNC(=O)C3(N)CC3)cc2)n1. The molecule has 1 fully saturated rings. The van der Waals surface area contributed by atoms with Gasteiger partial charge in [0.1, 0.15) is 0 Å². The third-order valence-electron chi connectivity index (χ3n) is 3.93. The van der Waals surface area contributed by atoms with Crippen molar-refractivity contribution in [3.05, 3.63) is 35.7 Å². The Hall–Kier alpha value is -2.21. The minimum absolute atomic E-state index is 0.0397. The Morgan fingerprint density at radius 3 is 2.68 bits per heavy atom. The van der Waals surface area contributed by atoms with Gasteiger partial charge in [0.05, 0.1) is 5.54 Å². The van der Waals surface area contributed by atoms with E-state index in [1.165, 1.54) is 0 Å². The normalized spacial score (nSPS) is 15.5. The van der Waals surface area contributed by atoms with Gasteiger partial charge < -0.3 is 15.6 Å². The number of nitrogens with two attached hydrogens (primary N) is 1. The van der Waals surface area contributed by atoms with Gasteiger partial charge in [-0.05, 0) is 37.0 Å². The molecular weight excluding hydrogens is 280 g/mol. The number of aryl methyl sites for hydroxylation is 1. The number of rotatable bonds is 6.